The summed E-state index contributed by atoms with van der Waals surface area (Å²) in [6.45, 7) is -1.56. The molecule has 0 unspecified atom stereocenters. The van der Waals surface area contributed by atoms with Gasteiger partial charge in [0, 0.05) is 11.1 Å². The van der Waals surface area contributed by atoms with E-state index in [0.29, 0.717) is 10.5 Å². The second-order valence-electron chi connectivity index (χ2n) is 3.56. The molecule has 0 heterocycles. The summed E-state index contributed by atoms with van der Waals surface area (Å²) in [5.41, 5.74) is 5.77. The van der Waals surface area contributed by atoms with E-state index in [1.54, 1.807) is 30.3 Å². The van der Waals surface area contributed by atoms with Crippen LogP contribution < -0.4 is 5.73 Å². The fourth-order valence-electron chi connectivity index (χ4n) is 1.40. The van der Waals surface area contributed by atoms with E-state index in [1.807, 2.05) is 0 Å². The second-order valence-corrected chi connectivity index (χ2v) is 3.56. The molecule has 3 N–H and O–H groups in total. The zero-order valence-corrected chi connectivity index (χ0v) is 9.13. The zero-order chi connectivity index (χ0) is 14.6. The molecule has 1 aromatic rings. The van der Waals surface area contributed by atoms with Crippen molar-refractivity contribution in [3.63, 3.8) is 0 Å². The van der Waals surface area contributed by atoms with Crippen LogP contribution in [0, 0.1) is 0 Å². The fraction of sp³-hybridized carbons (Fsp3) is 0.417. The van der Waals surface area contributed by atoms with Gasteiger partial charge in [0.2, 0.25) is 5.91 Å². The van der Waals surface area contributed by atoms with E-state index < -0.39 is 31.6 Å². The summed E-state index contributed by atoms with van der Waals surface area (Å²) in [5.74, 6) is -0.720. The van der Waals surface area contributed by atoms with E-state index in [9.17, 15) is 9.90 Å². The minimum Gasteiger partial charge on any atom is -0.386 e. The third-order valence-corrected chi connectivity index (χ3v) is 2.45. The lowest BCUT2D eigenvalue weighted by Gasteiger charge is -2.28. The second kappa shape index (κ2) is 5.63. The third-order valence-electron chi connectivity index (χ3n) is 2.45. The number of benzene rings is 1. The molecule has 0 aliphatic rings. The maximum absolute atomic E-state index is 11.7. The Balaban J connectivity index is 3.00. The number of likely N-dealkylation sites (N-methyl/N-ethyl adjacent to an activating group) is 1. The van der Waals surface area contributed by atoms with Gasteiger partial charge in [0.1, 0.15) is 0 Å². The van der Waals surface area contributed by atoms with Crippen molar-refractivity contribution in [2.75, 3.05) is 13.5 Å². The van der Waals surface area contributed by atoms with Gasteiger partial charge in [-0.3, -0.25) is 4.79 Å². The van der Waals surface area contributed by atoms with Gasteiger partial charge in [0.15, 0.2) is 0 Å². The van der Waals surface area contributed by atoms with E-state index in [4.69, 9.17) is 9.85 Å². The Morgan fingerprint density at radius 1 is 1.56 bits per heavy atom. The molecule has 1 rings (SSSR count). The van der Waals surface area contributed by atoms with Crippen molar-refractivity contribution < 1.29 is 14.0 Å². The fourth-order valence-corrected chi connectivity index (χ4v) is 1.40. The molecular formula is C12H18N2O2. The van der Waals surface area contributed by atoms with Gasteiger partial charge in [-0.25, -0.2) is 0 Å². The molecule has 4 heteroatoms. The highest BCUT2D eigenvalue weighted by Gasteiger charge is 2.22. The van der Waals surface area contributed by atoms with E-state index in [0.717, 1.165) is 0 Å². The van der Waals surface area contributed by atoms with Gasteiger partial charge >= 0.3 is 0 Å². The highest BCUT2D eigenvalue weighted by Crippen LogP contribution is 2.19. The van der Waals surface area contributed by atoms with Crippen molar-refractivity contribution in [1.29, 1.82) is 0 Å². The standard InChI is InChI=1S/C12H18N2O2/c1-9(14(2)11(15)8-13)12(16)10-6-4-3-5-7-10/h3-7,9,12,16H,8,13H2,1-2H3/t9-,12+/m1/s1/i2D3. The number of hydrogen-bond acceptors (Lipinski definition) is 3. The number of aliphatic hydroxyl groups is 1. The molecule has 16 heavy (non-hydrogen) atoms. The molecule has 0 saturated carbocycles. The van der Waals surface area contributed by atoms with Crippen LogP contribution in [0.25, 0.3) is 0 Å². The first-order valence-corrected chi connectivity index (χ1v) is 5.04. The molecule has 0 saturated heterocycles. The molecule has 0 spiro atoms. The monoisotopic (exact) mass is 225 g/mol. The molecule has 1 aromatic carbocycles. The van der Waals surface area contributed by atoms with Crippen LogP contribution in [-0.2, 0) is 4.79 Å². The molecule has 0 bridgehead atoms. The van der Waals surface area contributed by atoms with Crippen LogP contribution in [-0.4, -0.2) is 35.5 Å². The van der Waals surface area contributed by atoms with Crippen LogP contribution in [0.1, 0.15) is 22.7 Å². The average molecular weight is 225 g/mol. The number of aliphatic hydroxyl groups excluding tert-OH is 1. The quantitative estimate of drug-likeness (QED) is 0.785. The number of rotatable bonds is 4. The highest BCUT2D eigenvalue weighted by molar-refractivity contribution is 5.78. The van der Waals surface area contributed by atoms with Gasteiger partial charge in [-0.1, -0.05) is 30.3 Å². The Hall–Kier alpha value is -1.39. The van der Waals surface area contributed by atoms with Gasteiger partial charge in [-0.2, -0.15) is 0 Å². The molecule has 88 valence electrons. The summed E-state index contributed by atoms with van der Waals surface area (Å²) in [6.07, 6.45) is -1.09. The van der Waals surface area contributed by atoms with Crippen LogP contribution in [0.3, 0.4) is 0 Å². The topological polar surface area (TPSA) is 66.6 Å². The molecular weight excluding hydrogens is 204 g/mol. The van der Waals surface area contributed by atoms with E-state index in [2.05, 4.69) is 0 Å². The number of hydrogen-bond donors (Lipinski definition) is 2. The summed E-state index contributed by atoms with van der Waals surface area (Å²) < 4.78 is 22.1. The minimum absolute atomic E-state index is 0.412. The first-order valence-electron chi connectivity index (χ1n) is 6.54. The van der Waals surface area contributed by atoms with Crippen molar-refractivity contribution in [3.8, 4) is 0 Å². The zero-order valence-electron chi connectivity index (χ0n) is 12.1. The smallest absolute Gasteiger partial charge is 0.236 e. The first kappa shape index (κ1) is 8.73. The molecule has 0 fully saturated rings. The average Bonchev–Trinajstić information content (AvgIpc) is 2.37. The summed E-state index contributed by atoms with van der Waals surface area (Å²) in [4.78, 5) is 12.3. The summed E-state index contributed by atoms with van der Waals surface area (Å²) in [6, 6.07) is 7.70. The largest absolute Gasteiger partial charge is 0.386 e. The SMILES string of the molecule is [2H]C([2H])([2H])N(C(=O)CN)[C@H](C)[C@H](O)c1ccccc1. The lowest BCUT2D eigenvalue weighted by atomic mass is 10.0. The number of carbonyl (C=O) groups excluding carboxylic acids is 1. The van der Waals surface area contributed by atoms with E-state index in [-0.39, 0.29) is 0 Å². The predicted molar refractivity (Wildman–Crippen MR) is 62.7 cm³/mol. The lowest BCUT2D eigenvalue weighted by Crippen LogP contribution is -2.42. The van der Waals surface area contributed by atoms with Gasteiger partial charge in [0.25, 0.3) is 0 Å². The number of nitrogens with two attached hydrogens (primary N) is 1. The lowest BCUT2D eigenvalue weighted by molar-refractivity contribution is -0.132. The summed E-state index contributed by atoms with van der Waals surface area (Å²) >= 11 is 0. The van der Waals surface area contributed by atoms with E-state index in [1.165, 1.54) is 6.92 Å². The Morgan fingerprint density at radius 3 is 2.69 bits per heavy atom. The molecule has 0 aliphatic heterocycles. The maximum atomic E-state index is 11.7. The molecule has 1 amide bonds. The van der Waals surface area contributed by atoms with Crippen LogP contribution in [0.5, 0.6) is 0 Å². The summed E-state index contributed by atoms with van der Waals surface area (Å²) in [7, 11) is 0. The molecule has 0 aliphatic carbocycles. The van der Waals surface area contributed by atoms with Crippen molar-refractivity contribution in [2.45, 2.75) is 19.1 Å². The van der Waals surface area contributed by atoms with Gasteiger partial charge in [-0.15, -0.1) is 0 Å². The van der Waals surface area contributed by atoms with Crippen LogP contribution in [0.4, 0.5) is 0 Å². The van der Waals surface area contributed by atoms with Gasteiger partial charge in [0.05, 0.1) is 18.7 Å². The molecule has 4 nitrogen and oxygen atoms in total. The van der Waals surface area contributed by atoms with Crippen molar-refractivity contribution in [1.82, 2.24) is 4.90 Å². The minimum atomic E-state index is -2.63. The van der Waals surface area contributed by atoms with Crippen LogP contribution >= 0.6 is 0 Å². The Morgan fingerprint density at radius 2 is 2.19 bits per heavy atom. The Bertz CT molecular complexity index is 423. The maximum Gasteiger partial charge on any atom is 0.236 e. The third kappa shape index (κ3) is 2.81. The van der Waals surface area contributed by atoms with Crippen molar-refractivity contribution in [2.24, 2.45) is 5.73 Å². The van der Waals surface area contributed by atoms with Crippen molar-refractivity contribution >= 4 is 5.91 Å². The van der Waals surface area contributed by atoms with Crippen LogP contribution in [0.2, 0.25) is 0 Å². The van der Waals surface area contributed by atoms with Crippen molar-refractivity contribution in [3.05, 3.63) is 35.9 Å². The Labute approximate surface area is 99.9 Å². The van der Waals surface area contributed by atoms with E-state index >= 15 is 0 Å². The van der Waals surface area contributed by atoms with Gasteiger partial charge < -0.3 is 15.7 Å². The molecule has 0 radical (unpaired) electrons. The normalized spacial score (nSPS) is 17.8. The number of nitrogens with zero attached hydrogens (tertiary/aromatic N) is 1. The number of amides is 1. The molecule has 0 aromatic heterocycles. The first-order chi connectivity index (χ1) is 8.79. The Kier molecular flexibility index (Phi) is 3.07. The van der Waals surface area contributed by atoms with Crippen LogP contribution in [0.15, 0.2) is 30.3 Å². The predicted octanol–water partition coefficient (Wildman–Crippen LogP) is 0.526. The number of carbonyl (C=O) groups is 1. The van der Waals surface area contributed by atoms with Gasteiger partial charge in [-0.05, 0) is 12.5 Å². The summed E-state index contributed by atoms with van der Waals surface area (Å²) in [5, 5.41) is 10.2. The highest BCUT2D eigenvalue weighted by atomic mass is 16.3. The molecule has 2 atom stereocenters.